The molecule has 3 fully saturated rings. The van der Waals surface area contributed by atoms with Crippen molar-refractivity contribution in [3.05, 3.63) is 23.8 Å². The van der Waals surface area contributed by atoms with E-state index in [2.05, 4.69) is 25.2 Å². The number of nitrogens with one attached hydrogen (secondary N) is 1. The van der Waals surface area contributed by atoms with Crippen molar-refractivity contribution in [2.45, 2.75) is 58.9 Å². The van der Waals surface area contributed by atoms with Crippen molar-refractivity contribution in [2.75, 3.05) is 0 Å². The first-order valence-electron chi connectivity index (χ1n) is 9.51. The number of rotatable bonds is 1. The van der Waals surface area contributed by atoms with E-state index in [0.29, 0.717) is 30.0 Å². The van der Waals surface area contributed by atoms with Crippen molar-refractivity contribution < 1.29 is 14.4 Å². The molecule has 0 heterocycles. The molecular weight excluding hydrogens is 314 g/mol. The number of carbonyl (C=O) groups excluding carboxylic acids is 3. The average Bonchev–Trinajstić information content (AvgIpc) is 2.84. The van der Waals surface area contributed by atoms with Crippen molar-refractivity contribution in [1.82, 2.24) is 5.32 Å². The first-order chi connectivity index (χ1) is 11.8. The lowest BCUT2D eigenvalue weighted by Crippen LogP contribution is -2.56. The Morgan fingerprint density at radius 2 is 1.96 bits per heavy atom. The van der Waals surface area contributed by atoms with E-state index in [1.54, 1.807) is 12.2 Å². The molecule has 1 N–H and O–H groups in total. The molecule has 0 aromatic carbocycles. The number of ketones is 2. The molecule has 0 radical (unpaired) electrons. The maximum atomic E-state index is 12.5. The molecule has 0 aliphatic heterocycles. The minimum Gasteiger partial charge on any atom is -0.350 e. The van der Waals surface area contributed by atoms with Crippen LogP contribution in [0, 0.1) is 28.6 Å². The van der Waals surface area contributed by atoms with E-state index in [1.165, 1.54) is 6.92 Å². The molecule has 1 unspecified atom stereocenters. The van der Waals surface area contributed by atoms with E-state index in [0.717, 1.165) is 31.3 Å². The SMILES string of the molecule is CC(=O)NC1C[C@@H]2[C@H](CC[C@]3(C)C(=O)CC[C@@H]23)[C@@]2(C)C=CC(=O)C=C12. The van der Waals surface area contributed by atoms with Crippen LogP contribution in [-0.4, -0.2) is 23.5 Å². The highest BCUT2D eigenvalue weighted by atomic mass is 16.1. The van der Waals surface area contributed by atoms with Gasteiger partial charge in [-0.3, -0.25) is 14.4 Å². The predicted octanol–water partition coefficient (Wildman–Crippen LogP) is 2.98. The number of fused-ring (bicyclic) bond motifs is 5. The fraction of sp³-hybridized carbons (Fsp3) is 0.667. The van der Waals surface area contributed by atoms with E-state index >= 15 is 0 Å². The maximum absolute atomic E-state index is 12.5. The molecule has 0 aromatic rings. The number of allylic oxidation sites excluding steroid dienone is 3. The van der Waals surface area contributed by atoms with E-state index in [-0.39, 0.29) is 28.6 Å². The van der Waals surface area contributed by atoms with Crippen LogP contribution in [0.15, 0.2) is 23.8 Å². The Labute approximate surface area is 149 Å². The topological polar surface area (TPSA) is 63.2 Å². The van der Waals surface area contributed by atoms with Crippen LogP contribution < -0.4 is 5.32 Å². The molecule has 6 atom stereocenters. The van der Waals surface area contributed by atoms with Crippen LogP contribution in [-0.2, 0) is 14.4 Å². The summed E-state index contributed by atoms with van der Waals surface area (Å²) in [4.78, 5) is 36.3. The molecule has 0 aromatic heterocycles. The van der Waals surface area contributed by atoms with Crippen molar-refractivity contribution in [3.63, 3.8) is 0 Å². The van der Waals surface area contributed by atoms with Crippen molar-refractivity contribution in [1.29, 1.82) is 0 Å². The van der Waals surface area contributed by atoms with Crippen molar-refractivity contribution >= 4 is 17.5 Å². The summed E-state index contributed by atoms with van der Waals surface area (Å²) in [5.41, 5.74) is 0.675. The van der Waals surface area contributed by atoms with Gasteiger partial charge in [-0.25, -0.2) is 0 Å². The molecule has 3 saturated carbocycles. The van der Waals surface area contributed by atoms with Crippen LogP contribution in [0.1, 0.15) is 52.9 Å². The van der Waals surface area contributed by atoms with E-state index < -0.39 is 0 Å². The Kier molecular flexibility index (Phi) is 3.61. The van der Waals surface area contributed by atoms with Gasteiger partial charge in [0.2, 0.25) is 5.91 Å². The van der Waals surface area contributed by atoms with Crippen LogP contribution in [0.4, 0.5) is 0 Å². The van der Waals surface area contributed by atoms with E-state index in [9.17, 15) is 14.4 Å². The lowest BCUT2D eigenvalue weighted by Gasteiger charge is -2.57. The zero-order chi connectivity index (χ0) is 18.0. The zero-order valence-corrected chi connectivity index (χ0v) is 15.3. The number of Topliss-reactive ketones (excluding diaryl/α,β-unsaturated/α-hetero) is 1. The number of hydrogen-bond donors (Lipinski definition) is 1. The molecule has 25 heavy (non-hydrogen) atoms. The molecule has 134 valence electrons. The van der Waals surface area contributed by atoms with Crippen LogP contribution in [0.25, 0.3) is 0 Å². The van der Waals surface area contributed by atoms with E-state index in [4.69, 9.17) is 0 Å². The average molecular weight is 341 g/mol. The summed E-state index contributed by atoms with van der Waals surface area (Å²) in [5.74, 6) is 1.64. The maximum Gasteiger partial charge on any atom is 0.217 e. The molecule has 1 amide bonds. The van der Waals surface area contributed by atoms with Crippen LogP contribution in [0.2, 0.25) is 0 Å². The van der Waals surface area contributed by atoms with Gasteiger partial charge in [0.05, 0.1) is 6.04 Å². The molecule has 4 rings (SSSR count). The second kappa shape index (κ2) is 5.39. The molecule has 4 nitrogen and oxygen atoms in total. The third-order valence-corrected chi connectivity index (χ3v) is 7.69. The molecule has 0 bridgehead atoms. The molecule has 4 aliphatic rings. The smallest absolute Gasteiger partial charge is 0.217 e. The third-order valence-electron chi connectivity index (χ3n) is 7.69. The highest BCUT2D eigenvalue weighted by molar-refractivity contribution is 6.01. The van der Waals surface area contributed by atoms with Gasteiger partial charge in [0.25, 0.3) is 0 Å². The summed E-state index contributed by atoms with van der Waals surface area (Å²) in [6.07, 6.45) is 9.98. The van der Waals surface area contributed by atoms with Gasteiger partial charge in [-0.2, -0.15) is 0 Å². The van der Waals surface area contributed by atoms with Crippen LogP contribution in [0.5, 0.6) is 0 Å². The third kappa shape index (κ3) is 2.29. The van der Waals surface area contributed by atoms with Crippen LogP contribution >= 0.6 is 0 Å². The van der Waals surface area contributed by atoms with Gasteiger partial charge in [0, 0.05) is 24.2 Å². The Balaban J connectivity index is 1.76. The number of amides is 1. The van der Waals surface area contributed by atoms with Gasteiger partial charge in [0.1, 0.15) is 5.78 Å². The van der Waals surface area contributed by atoms with Gasteiger partial charge in [-0.15, -0.1) is 0 Å². The van der Waals surface area contributed by atoms with Crippen molar-refractivity contribution in [3.8, 4) is 0 Å². The summed E-state index contributed by atoms with van der Waals surface area (Å²) in [6.45, 7) is 5.91. The van der Waals surface area contributed by atoms with Gasteiger partial charge >= 0.3 is 0 Å². The Hall–Kier alpha value is -1.71. The fourth-order valence-electron chi connectivity index (χ4n) is 6.44. The first-order valence-corrected chi connectivity index (χ1v) is 9.51. The Morgan fingerprint density at radius 1 is 1.20 bits per heavy atom. The summed E-state index contributed by atoms with van der Waals surface area (Å²) in [5, 5.41) is 3.09. The van der Waals surface area contributed by atoms with Gasteiger partial charge in [0.15, 0.2) is 5.78 Å². The first kappa shape index (κ1) is 16.7. The van der Waals surface area contributed by atoms with Crippen LogP contribution in [0.3, 0.4) is 0 Å². The van der Waals surface area contributed by atoms with Gasteiger partial charge in [-0.1, -0.05) is 19.9 Å². The minimum absolute atomic E-state index is 0.0120. The van der Waals surface area contributed by atoms with Crippen molar-refractivity contribution in [2.24, 2.45) is 28.6 Å². The highest BCUT2D eigenvalue weighted by Gasteiger charge is 2.60. The lowest BCUT2D eigenvalue weighted by atomic mass is 9.47. The molecule has 4 heteroatoms. The molecule has 0 saturated heterocycles. The zero-order valence-electron chi connectivity index (χ0n) is 15.3. The van der Waals surface area contributed by atoms with E-state index in [1.807, 2.05) is 0 Å². The Morgan fingerprint density at radius 3 is 2.68 bits per heavy atom. The largest absolute Gasteiger partial charge is 0.350 e. The molecule has 0 spiro atoms. The quantitative estimate of drug-likeness (QED) is 0.797. The summed E-state index contributed by atoms with van der Waals surface area (Å²) in [6, 6.07) is -0.101. The Bertz CT molecular complexity index is 721. The standard InChI is InChI=1S/C21H27NO3/c1-12(23)22-18-11-14-15-4-5-19(25)21(15,3)9-7-16(14)20(2)8-6-13(24)10-17(18)20/h6,8,10,14-16,18H,4-5,7,9,11H2,1-3H3,(H,22,23)/t14-,15-,16-,18?,20+,21-/m0/s1. The number of hydrogen-bond acceptors (Lipinski definition) is 3. The van der Waals surface area contributed by atoms with Gasteiger partial charge < -0.3 is 5.32 Å². The molecular formula is C21H27NO3. The predicted molar refractivity (Wildman–Crippen MR) is 94.6 cm³/mol. The minimum atomic E-state index is -0.198. The summed E-state index contributed by atoms with van der Waals surface area (Å²) < 4.78 is 0. The fourth-order valence-corrected chi connectivity index (χ4v) is 6.44. The summed E-state index contributed by atoms with van der Waals surface area (Å²) in [7, 11) is 0. The summed E-state index contributed by atoms with van der Waals surface area (Å²) >= 11 is 0. The monoisotopic (exact) mass is 341 g/mol. The second-order valence-corrected chi connectivity index (χ2v) is 8.90. The molecule has 4 aliphatic carbocycles. The lowest BCUT2D eigenvalue weighted by molar-refractivity contribution is -0.132. The number of carbonyl (C=O) groups is 3. The van der Waals surface area contributed by atoms with Gasteiger partial charge in [-0.05, 0) is 61.2 Å². The second-order valence-electron chi connectivity index (χ2n) is 8.90. The normalized spacial score (nSPS) is 45.3. The highest BCUT2D eigenvalue weighted by Crippen LogP contribution is 2.63.